The molecule has 6 rings (SSSR count). The first kappa shape index (κ1) is 20.1. The number of ether oxygens (including phenoxy) is 2. The lowest BCUT2D eigenvalue weighted by Gasteiger charge is -2.43. The first-order valence-corrected chi connectivity index (χ1v) is 11.2. The molecule has 1 saturated heterocycles. The second-order valence-electron chi connectivity index (χ2n) is 8.74. The van der Waals surface area contributed by atoms with Gasteiger partial charge >= 0.3 is 6.09 Å². The van der Waals surface area contributed by atoms with Crippen molar-refractivity contribution in [3.63, 3.8) is 0 Å². The van der Waals surface area contributed by atoms with Gasteiger partial charge in [-0.25, -0.2) is 9.78 Å². The zero-order valence-corrected chi connectivity index (χ0v) is 18.0. The Kier molecular flexibility index (Phi) is 4.95. The van der Waals surface area contributed by atoms with E-state index in [1.807, 2.05) is 30.3 Å². The van der Waals surface area contributed by atoms with Crippen LogP contribution in [-0.2, 0) is 9.47 Å². The summed E-state index contributed by atoms with van der Waals surface area (Å²) in [5.41, 5.74) is 6.74. The molecule has 0 radical (unpaired) electrons. The molecule has 0 saturated carbocycles. The maximum absolute atomic E-state index is 13.2. The third-order valence-corrected chi connectivity index (χ3v) is 6.84. The highest BCUT2D eigenvalue weighted by Crippen LogP contribution is 2.44. The topological polar surface area (TPSA) is 51.7 Å². The van der Waals surface area contributed by atoms with E-state index in [2.05, 4.69) is 29.2 Å². The van der Waals surface area contributed by atoms with E-state index in [9.17, 15) is 9.18 Å². The van der Waals surface area contributed by atoms with Crippen LogP contribution in [0.3, 0.4) is 0 Å². The zero-order chi connectivity index (χ0) is 22.4. The second-order valence-corrected chi connectivity index (χ2v) is 8.74. The van der Waals surface area contributed by atoms with Crippen LogP contribution in [0, 0.1) is 5.95 Å². The van der Waals surface area contributed by atoms with Crippen LogP contribution in [0.25, 0.3) is 16.7 Å². The van der Waals surface area contributed by atoms with Crippen molar-refractivity contribution >= 4 is 11.7 Å². The molecule has 3 aliphatic rings. The summed E-state index contributed by atoms with van der Waals surface area (Å²) in [6, 6.07) is 19.4. The molecular formula is C27H23FN2O3. The highest BCUT2D eigenvalue weighted by atomic mass is 19.1. The van der Waals surface area contributed by atoms with Crippen LogP contribution in [0.1, 0.15) is 29.0 Å². The fraction of sp³-hybridized carbons (Fsp3) is 0.259. The van der Waals surface area contributed by atoms with Crippen LogP contribution in [0.5, 0.6) is 0 Å². The van der Waals surface area contributed by atoms with Crippen molar-refractivity contribution in [2.75, 3.05) is 19.8 Å². The molecule has 5 nitrogen and oxygen atoms in total. The Morgan fingerprint density at radius 1 is 1.03 bits per heavy atom. The van der Waals surface area contributed by atoms with Gasteiger partial charge in [0.1, 0.15) is 6.61 Å². The molecule has 2 aliphatic heterocycles. The van der Waals surface area contributed by atoms with Crippen molar-refractivity contribution in [3.05, 3.63) is 95.6 Å². The van der Waals surface area contributed by atoms with Gasteiger partial charge in [0.2, 0.25) is 5.95 Å². The van der Waals surface area contributed by atoms with E-state index in [1.54, 1.807) is 17.2 Å². The lowest BCUT2D eigenvalue weighted by Crippen LogP contribution is -2.56. The third kappa shape index (κ3) is 3.51. The van der Waals surface area contributed by atoms with Gasteiger partial charge in [0.25, 0.3) is 0 Å². The second kappa shape index (κ2) is 8.12. The smallest absolute Gasteiger partial charge is 0.410 e. The van der Waals surface area contributed by atoms with Gasteiger partial charge in [-0.1, -0.05) is 54.6 Å². The van der Waals surface area contributed by atoms with E-state index in [1.165, 1.54) is 28.3 Å². The number of aromatic nitrogens is 1. The summed E-state index contributed by atoms with van der Waals surface area (Å²) in [5, 5.41) is 0. The molecule has 3 aromatic rings. The number of carbonyl (C=O) groups is 1. The Bertz CT molecular complexity index is 1190. The fourth-order valence-electron chi connectivity index (χ4n) is 5.33. The number of morpholine rings is 1. The number of rotatable bonds is 3. The number of hydrogen-bond donors (Lipinski definition) is 0. The first-order chi connectivity index (χ1) is 16.2. The van der Waals surface area contributed by atoms with Gasteiger partial charge in [0.05, 0.1) is 25.3 Å². The van der Waals surface area contributed by atoms with E-state index in [0.29, 0.717) is 26.2 Å². The lowest BCUT2D eigenvalue weighted by atomic mass is 9.91. The maximum atomic E-state index is 13.2. The van der Waals surface area contributed by atoms with Crippen LogP contribution < -0.4 is 0 Å². The predicted molar refractivity (Wildman–Crippen MR) is 122 cm³/mol. The Balaban J connectivity index is 1.22. The van der Waals surface area contributed by atoms with Crippen LogP contribution in [-0.4, -0.2) is 47.9 Å². The molecule has 2 aromatic carbocycles. The Labute approximate surface area is 191 Å². The minimum atomic E-state index is -0.501. The van der Waals surface area contributed by atoms with Gasteiger partial charge in [-0.15, -0.1) is 0 Å². The molecule has 2 atom stereocenters. The van der Waals surface area contributed by atoms with Gasteiger partial charge in [-0.2, -0.15) is 4.39 Å². The number of hydrogen-bond acceptors (Lipinski definition) is 4. The van der Waals surface area contributed by atoms with Crippen molar-refractivity contribution in [2.24, 2.45) is 0 Å². The average molecular weight is 442 g/mol. The van der Waals surface area contributed by atoms with E-state index in [0.717, 1.165) is 11.1 Å². The van der Waals surface area contributed by atoms with Gasteiger partial charge in [0, 0.05) is 12.1 Å². The number of pyridine rings is 1. The quantitative estimate of drug-likeness (QED) is 0.534. The number of halogens is 1. The Morgan fingerprint density at radius 3 is 2.42 bits per heavy atom. The third-order valence-electron chi connectivity index (χ3n) is 6.84. The molecule has 0 N–H and O–H groups in total. The van der Waals surface area contributed by atoms with Crippen molar-refractivity contribution in [1.29, 1.82) is 0 Å². The van der Waals surface area contributed by atoms with Crippen molar-refractivity contribution in [1.82, 2.24) is 9.88 Å². The monoisotopic (exact) mass is 442 g/mol. The van der Waals surface area contributed by atoms with Crippen LogP contribution in [0.4, 0.5) is 9.18 Å². The molecule has 2 unspecified atom stereocenters. The standard InChI is InChI=1S/C27H23FN2O3/c28-26-10-9-17(13-29-26)18-11-19-14-32-15-20(12-18)30(19)27(31)33-16-25-23-7-3-1-5-21(23)22-6-2-4-8-24(22)25/h1-11,13,19-20,25H,12,14-16H2. The summed E-state index contributed by atoms with van der Waals surface area (Å²) in [7, 11) is 0. The Hall–Kier alpha value is -3.51. The summed E-state index contributed by atoms with van der Waals surface area (Å²) in [6.45, 7) is 1.16. The minimum absolute atomic E-state index is 0.0265. The molecular weight excluding hydrogens is 419 g/mol. The molecule has 6 heteroatoms. The molecule has 3 heterocycles. The molecule has 1 amide bonds. The molecule has 33 heavy (non-hydrogen) atoms. The zero-order valence-electron chi connectivity index (χ0n) is 18.0. The van der Waals surface area contributed by atoms with Crippen molar-refractivity contribution in [3.8, 4) is 11.1 Å². The van der Waals surface area contributed by atoms with Crippen LogP contribution in [0.2, 0.25) is 0 Å². The van der Waals surface area contributed by atoms with Gasteiger partial charge in [-0.3, -0.25) is 4.90 Å². The number of benzene rings is 2. The lowest BCUT2D eigenvalue weighted by molar-refractivity contribution is -0.0331. The minimum Gasteiger partial charge on any atom is -0.448 e. The first-order valence-electron chi connectivity index (χ1n) is 11.2. The molecule has 166 valence electrons. The van der Waals surface area contributed by atoms with E-state index >= 15 is 0 Å². The SMILES string of the molecule is O=C(OCC1c2ccccc2-c2ccccc21)N1C2C=C(c3ccc(F)nc3)CC1COC2. The van der Waals surface area contributed by atoms with E-state index in [4.69, 9.17) is 9.47 Å². The van der Waals surface area contributed by atoms with Gasteiger partial charge in [-0.05, 0) is 51.9 Å². The number of fused-ring (bicyclic) bond motifs is 5. The molecule has 1 fully saturated rings. The predicted octanol–water partition coefficient (Wildman–Crippen LogP) is 5.03. The summed E-state index contributed by atoms with van der Waals surface area (Å²) in [4.78, 5) is 18.8. The number of nitrogens with zero attached hydrogens (tertiary/aromatic N) is 2. The van der Waals surface area contributed by atoms with E-state index < -0.39 is 5.95 Å². The van der Waals surface area contributed by atoms with Crippen molar-refractivity contribution in [2.45, 2.75) is 24.4 Å². The van der Waals surface area contributed by atoms with Crippen LogP contribution in [0.15, 0.2) is 72.9 Å². The molecule has 2 bridgehead atoms. The number of carbonyl (C=O) groups excluding carboxylic acids is 1. The van der Waals surface area contributed by atoms with Crippen LogP contribution >= 0.6 is 0 Å². The maximum Gasteiger partial charge on any atom is 0.410 e. The summed E-state index contributed by atoms with van der Waals surface area (Å²) < 4.78 is 24.9. The summed E-state index contributed by atoms with van der Waals surface area (Å²) in [5.74, 6) is -0.474. The fourth-order valence-corrected chi connectivity index (χ4v) is 5.33. The Morgan fingerprint density at radius 2 is 1.76 bits per heavy atom. The molecule has 1 aromatic heterocycles. The van der Waals surface area contributed by atoms with E-state index in [-0.39, 0.29) is 24.1 Å². The molecule has 0 spiro atoms. The number of amides is 1. The normalized spacial score (nSPS) is 21.2. The summed E-state index contributed by atoms with van der Waals surface area (Å²) >= 11 is 0. The summed E-state index contributed by atoms with van der Waals surface area (Å²) in [6.07, 6.45) is 3.86. The van der Waals surface area contributed by atoms with Gasteiger partial charge in [0.15, 0.2) is 0 Å². The van der Waals surface area contributed by atoms with Gasteiger partial charge < -0.3 is 9.47 Å². The van der Waals surface area contributed by atoms with Crippen molar-refractivity contribution < 1.29 is 18.7 Å². The highest BCUT2D eigenvalue weighted by molar-refractivity contribution is 5.79. The largest absolute Gasteiger partial charge is 0.448 e. The average Bonchev–Trinajstić information content (AvgIpc) is 3.16. The molecule has 1 aliphatic carbocycles. The highest BCUT2D eigenvalue weighted by Gasteiger charge is 2.40.